The molecule has 3 saturated carbocycles. The molecule has 0 radical (unpaired) electrons. The molecule has 13 nitrogen and oxygen atoms in total. The summed E-state index contributed by atoms with van der Waals surface area (Å²) in [5, 5.41) is 11.3. The summed E-state index contributed by atoms with van der Waals surface area (Å²) in [7, 11) is 1.57. The van der Waals surface area contributed by atoms with Crippen molar-refractivity contribution in [2.45, 2.75) is 137 Å². The average Bonchev–Trinajstić information content (AvgIpc) is 3.62. The fourth-order valence-electron chi connectivity index (χ4n) is 11.4. The van der Waals surface area contributed by atoms with Crippen molar-refractivity contribution in [3.63, 3.8) is 0 Å². The molecule has 13 heteroatoms. The van der Waals surface area contributed by atoms with Gasteiger partial charge in [0.25, 0.3) is 5.91 Å². The van der Waals surface area contributed by atoms with Crippen molar-refractivity contribution in [1.29, 1.82) is 0 Å². The fourth-order valence-corrected chi connectivity index (χ4v) is 11.4. The molecule has 5 rings (SSSR count). The second kappa shape index (κ2) is 26.5. The molecule has 360 valence electrons. The summed E-state index contributed by atoms with van der Waals surface area (Å²) in [4.78, 5) is 49.0. The highest BCUT2D eigenvalue weighted by Crippen LogP contribution is 2.66. The Balaban J connectivity index is 0.801. The van der Waals surface area contributed by atoms with Crippen LogP contribution >= 0.6 is 0 Å². The molecule has 7 atom stereocenters. The number of fused-ring (bicyclic) bond motifs is 5. The minimum absolute atomic E-state index is 0.0500. The van der Waals surface area contributed by atoms with Crippen molar-refractivity contribution in [1.82, 2.24) is 21.3 Å². The maximum absolute atomic E-state index is 12.7. The molecule has 0 heterocycles. The first-order chi connectivity index (χ1) is 30.9. The zero-order valence-corrected chi connectivity index (χ0v) is 39.9. The summed E-state index contributed by atoms with van der Waals surface area (Å²) >= 11 is 0. The molecule has 4 N–H and O–H groups in total. The Labute approximate surface area is 384 Å². The zero-order valence-electron chi connectivity index (χ0n) is 39.9. The van der Waals surface area contributed by atoms with Crippen molar-refractivity contribution in [3.8, 4) is 5.75 Å². The number of hydrogen-bond donors (Lipinski definition) is 4. The van der Waals surface area contributed by atoms with Gasteiger partial charge >= 0.3 is 6.09 Å². The maximum Gasteiger partial charge on any atom is 0.407 e. The quantitative estimate of drug-likeness (QED) is 0.0481. The second-order valence-corrected chi connectivity index (χ2v) is 19.7. The van der Waals surface area contributed by atoms with E-state index in [0.717, 1.165) is 48.9 Å². The normalized spacial score (nSPS) is 25.9. The Kier molecular flexibility index (Phi) is 21.2. The molecule has 0 saturated heterocycles. The Hall–Kier alpha value is -3.68. The lowest BCUT2D eigenvalue weighted by molar-refractivity contribution is -0.126. The van der Waals surface area contributed by atoms with Gasteiger partial charge in [-0.2, -0.15) is 0 Å². The number of carbonyl (C=O) groups is 4. The SMILES string of the molecule is COc1ccc(C(=O)NCCCNC(=O)CCC(=O)NCCOCCOCCOCCCNC(=O)OC2CCC3(C)C(=CCC4C3CCC3(C)C(CCCCC(C)C)CCC43)C2)cc1. The van der Waals surface area contributed by atoms with Gasteiger partial charge in [0, 0.05) is 57.6 Å². The number of amides is 4. The molecule has 1 aromatic carbocycles. The van der Waals surface area contributed by atoms with Crippen molar-refractivity contribution >= 4 is 23.8 Å². The maximum atomic E-state index is 12.7. The molecular weight excluding hydrogens is 813 g/mol. The lowest BCUT2D eigenvalue weighted by Crippen LogP contribution is -2.50. The monoisotopic (exact) mass is 895 g/mol. The first kappa shape index (κ1) is 51.3. The molecule has 7 unspecified atom stereocenters. The van der Waals surface area contributed by atoms with E-state index in [1.165, 1.54) is 57.8 Å². The summed E-state index contributed by atoms with van der Waals surface area (Å²) in [6.07, 6.45) is 19.0. The number of allylic oxidation sites excluding steroid dienone is 1. The highest BCUT2D eigenvalue weighted by Gasteiger charge is 2.58. The summed E-state index contributed by atoms with van der Waals surface area (Å²) < 4.78 is 27.8. The molecule has 0 spiro atoms. The van der Waals surface area contributed by atoms with Crippen LogP contribution in [-0.2, 0) is 28.5 Å². The minimum Gasteiger partial charge on any atom is -0.497 e. The minimum atomic E-state index is -0.328. The Bertz CT molecular complexity index is 1640. The van der Waals surface area contributed by atoms with E-state index in [0.29, 0.717) is 95.4 Å². The zero-order chi connectivity index (χ0) is 45.8. The van der Waals surface area contributed by atoms with Crippen molar-refractivity contribution < 1.29 is 42.9 Å². The van der Waals surface area contributed by atoms with E-state index in [4.69, 9.17) is 23.7 Å². The van der Waals surface area contributed by atoms with Crippen LogP contribution in [-0.4, -0.2) is 103 Å². The molecule has 4 aliphatic rings. The van der Waals surface area contributed by atoms with Gasteiger partial charge in [0.1, 0.15) is 11.9 Å². The first-order valence-electron chi connectivity index (χ1n) is 24.8. The highest BCUT2D eigenvalue weighted by atomic mass is 16.6. The van der Waals surface area contributed by atoms with Crippen LogP contribution in [0.2, 0.25) is 0 Å². The number of unbranched alkanes of at least 4 members (excludes halogenated alkanes) is 1. The average molecular weight is 895 g/mol. The molecule has 0 bridgehead atoms. The van der Waals surface area contributed by atoms with E-state index in [1.807, 2.05) is 0 Å². The summed E-state index contributed by atoms with van der Waals surface area (Å²) in [6.45, 7) is 14.1. The van der Waals surface area contributed by atoms with Crippen LogP contribution < -0.4 is 26.0 Å². The molecule has 0 aliphatic heterocycles. The standard InChI is InChI=1S/C51H82N4O9/c1-37(2)10-6-7-11-39-15-19-44-43-18-14-40-36-42(22-24-51(40,4)45(43)23-25-50(39,44)3)64-49(59)55-28-9-30-61-32-34-63-35-33-62-31-29-53-47(57)21-20-46(56)52-26-8-27-54-48(58)38-12-16-41(60-5)17-13-38/h12-14,16-17,37,39,42-45H,6-11,15,18-36H2,1-5H3,(H,52,56)(H,53,57)(H,54,58)(H,55,59). The van der Waals surface area contributed by atoms with Crippen LogP contribution in [0.4, 0.5) is 4.79 Å². The number of ether oxygens (including phenoxy) is 5. The highest BCUT2D eigenvalue weighted by molar-refractivity contribution is 5.94. The second-order valence-electron chi connectivity index (χ2n) is 19.7. The molecule has 3 fully saturated rings. The van der Waals surface area contributed by atoms with E-state index >= 15 is 0 Å². The third kappa shape index (κ3) is 15.5. The van der Waals surface area contributed by atoms with Crippen LogP contribution in [0.25, 0.3) is 0 Å². The number of benzene rings is 1. The number of methoxy groups -OCH3 is 1. The van der Waals surface area contributed by atoms with Crippen molar-refractivity contribution in [2.75, 3.05) is 72.9 Å². The van der Waals surface area contributed by atoms with Crippen molar-refractivity contribution in [2.24, 2.45) is 40.4 Å². The number of hydrogen-bond acceptors (Lipinski definition) is 9. The Morgan fingerprint density at radius 3 is 2.09 bits per heavy atom. The van der Waals surface area contributed by atoms with Crippen LogP contribution in [0.3, 0.4) is 0 Å². The molecular formula is C51H82N4O9. The first-order valence-corrected chi connectivity index (χ1v) is 24.8. The van der Waals surface area contributed by atoms with E-state index in [1.54, 1.807) is 36.9 Å². The van der Waals surface area contributed by atoms with Gasteiger partial charge in [-0.1, -0.05) is 58.6 Å². The predicted molar refractivity (Wildman–Crippen MR) is 249 cm³/mol. The summed E-state index contributed by atoms with van der Waals surface area (Å²) in [5.74, 6) is 4.24. The van der Waals surface area contributed by atoms with Gasteiger partial charge in [-0.25, -0.2) is 4.79 Å². The van der Waals surface area contributed by atoms with E-state index in [-0.39, 0.29) is 48.2 Å². The van der Waals surface area contributed by atoms with Crippen LogP contribution in [0.5, 0.6) is 5.75 Å². The Morgan fingerprint density at radius 1 is 0.703 bits per heavy atom. The molecule has 1 aromatic rings. The van der Waals surface area contributed by atoms with Gasteiger partial charge in [-0.05, 0) is 129 Å². The van der Waals surface area contributed by atoms with E-state index in [9.17, 15) is 19.2 Å². The summed E-state index contributed by atoms with van der Waals surface area (Å²) in [5.41, 5.74) is 2.86. The number of alkyl carbamates (subject to hydrolysis) is 1. The van der Waals surface area contributed by atoms with Gasteiger partial charge < -0.3 is 45.0 Å². The van der Waals surface area contributed by atoms with Gasteiger partial charge in [-0.15, -0.1) is 0 Å². The summed E-state index contributed by atoms with van der Waals surface area (Å²) in [6, 6.07) is 6.83. The number of rotatable bonds is 28. The van der Waals surface area contributed by atoms with Gasteiger partial charge in [0.05, 0.1) is 40.1 Å². The molecule has 4 aliphatic carbocycles. The van der Waals surface area contributed by atoms with Gasteiger partial charge in [0.2, 0.25) is 11.8 Å². The van der Waals surface area contributed by atoms with Gasteiger partial charge in [0.15, 0.2) is 0 Å². The Morgan fingerprint density at radius 2 is 1.38 bits per heavy atom. The number of carbonyl (C=O) groups excluding carboxylic acids is 4. The largest absolute Gasteiger partial charge is 0.497 e. The molecule has 64 heavy (non-hydrogen) atoms. The fraction of sp³-hybridized carbons (Fsp3) is 0.765. The smallest absolute Gasteiger partial charge is 0.407 e. The molecule has 4 amide bonds. The topological polar surface area (TPSA) is 163 Å². The lowest BCUT2D eigenvalue weighted by atomic mass is 9.47. The van der Waals surface area contributed by atoms with Gasteiger partial charge in [-0.3, -0.25) is 14.4 Å². The third-order valence-corrected chi connectivity index (χ3v) is 15.1. The van der Waals surface area contributed by atoms with E-state index < -0.39 is 0 Å². The molecule has 0 aromatic heterocycles. The third-order valence-electron chi connectivity index (χ3n) is 15.1. The van der Waals surface area contributed by atoms with Crippen LogP contribution in [0.1, 0.15) is 141 Å². The van der Waals surface area contributed by atoms with Crippen molar-refractivity contribution in [3.05, 3.63) is 41.5 Å². The van der Waals surface area contributed by atoms with Crippen LogP contribution in [0, 0.1) is 40.4 Å². The predicted octanol–water partition coefficient (Wildman–Crippen LogP) is 8.16. The lowest BCUT2D eigenvalue weighted by Gasteiger charge is -2.58. The van der Waals surface area contributed by atoms with E-state index in [2.05, 4.69) is 55.0 Å². The van der Waals surface area contributed by atoms with Crippen LogP contribution in [0.15, 0.2) is 35.9 Å². The number of nitrogens with one attached hydrogen (secondary N) is 4.